The van der Waals surface area contributed by atoms with E-state index in [1.54, 1.807) is 0 Å². The van der Waals surface area contributed by atoms with Gasteiger partial charge in [-0.05, 0) is 24.6 Å². The van der Waals surface area contributed by atoms with Crippen LogP contribution in [0.5, 0.6) is 0 Å². The fourth-order valence-corrected chi connectivity index (χ4v) is 2.60. The SMILES string of the molecule is CCN1C(c2ccncc2)=NC[C@@H]1c1ccccc1. The summed E-state index contributed by atoms with van der Waals surface area (Å²) in [5.74, 6) is 1.08. The molecule has 0 N–H and O–H groups in total. The third-order valence-corrected chi connectivity index (χ3v) is 3.53. The Labute approximate surface area is 113 Å². The van der Waals surface area contributed by atoms with Crippen molar-refractivity contribution in [3.63, 3.8) is 0 Å². The van der Waals surface area contributed by atoms with Crippen molar-refractivity contribution in [2.24, 2.45) is 4.99 Å². The van der Waals surface area contributed by atoms with Gasteiger partial charge < -0.3 is 4.90 Å². The van der Waals surface area contributed by atoms with Crippen molar-refractivity contribution in [2.45, 2.75) is 13.0 Å². The van der Waals surface area contributed by atoms with E-state index in [2.05, 4.69) is 47.1 Å². The van der Waals surface area contributed by atoms with Gasteiger partial charge in [-0.1, -0.05) is 30.3 Å². The van der Waals surface area contributed by atoms with Crippen molar-refractivity contribution in [3.05, 3.63) is 66.0 Å². The van der Waals surface area contributed by atoms with Crippen molar-refractivity contribution in [2.75, 3.05) is 13.1 Å². The van der Waals surface area contributed by atoms with Gasteiger partial charge in [0, 0.05) is 24.5 Å². The highest BCUT2D eigenvalue weighted by Crippen LogP contribution is 2.28. The first-order valence-corrected chi connectivity index (χ1v) is 6.66. The number of pyridine rings is 1. The molecule has 0 spiro atoms. The monoisotopic (exact) mass is 251 g/mol. The van der Waals surface area contributed by atoms with Crippen molar-refractivity contribution < 1.29 is 0 Å². The number of aromatic nitrogens is 1. The summed E-state index contributed by atoms with van der Waals surface area (Å²) >= 11 is 0. The Morgan fingerprint density at radius 3 is 2.53 bits per heavy atom. The number of hydrogen-bond acceptors (Lipinski definition) is 3. The van der Waals surface area contributed by atoms with E-state index in [1.807, 2.05) is 24.5 Å². The lowest BCUT2D eigenvalue weighted by Crippen LogP contribution is -2.31. The molecule has 0 unspecified atom stereocenters. The molecule has 1 aliphatic rings. The van der Waals surface area contributed by atoms with Gasteiger partial charge >= 0.3 is 0 Å². The quantitative estimate of drug-likeness (QED) is 0.839. The molecule has 0 saturated heterocycles. The number of nitrogens with zero attached hydrogens (tertiary/aromatic N) is 3. The van der Waals surface area contributed by atoms with Gasteiger partial charge in [0.05, 0.1) is 12.6 Å². The largest absolute Gasteiger partial charge is 0.348 e. The zero-order valence-electron chi connectivity index (χ0n) is 11.0. The van der Waals surface area contributed by atoms with Gasteiger partial charge in [0.25, 0.3) is 0 Å². The zero-order valence-corrected chi connectivity index (χ0v) is 11.0. The van der Waals surface area contributed by atoms with Gasteiger partial charge in [0.2, 0.25) is 0 Å². The van der Waals surface area contributed by atoms with E-state index in [0.717, 1.165) is 24.5 Å². The second-order valence-electron chi connectivity index (χ2n) is 4.61. The minimum Gasteiger partial charge on any atom is -0.348 e. The van der Waals surface area contributed by atoms with E-state index in [0.29, 0.717) is 6.04 Å². The molecule has 0 aliphatic carbocycles. The highest BCUT2D eigenvalue weighted by molar-refractivity contribution is 6.00. The fraction of sp³-hybridized carbons (Fsp3) is 0.250. The summed E-state index contributed by atoms with van der Waals surface area (Å²) in [5.41, 5.74) is 2.48. The van der Waals surface area contributed by atoms with Crippen LogP contribution in [0.4, 0.5) is 0 Å². The number of hydrogen-bond donors (Lipinski definition) is 0. The molecule has 0 radical (unpaired) electrons. The molecular weight excluding hydrogens is 234 g/mol. The Morgan fingerprint density at radius 1 is 1.11 bits per heavy atom. The molecule has 19 heavy (non-hydrogen) atoms. The summed E-state index contributed by atoms with van der Waals surface area (Å²) in [4.78, 5) is 11.2. The second kappa shape index (κ2) is 5.22. The van der Waals surface area contributed by atoms with Crippen LogP contribution in [-0.2, 0) is 0 Å². The van der Waals surface area contributed by atoms with Gasteiger partial charge in [-0.2, -0.15) is 0 Å². The highest BCUT2D eigenvalue weighted by atomic mass is 15.3. The van der Waals surface area contributed by atoms with E-state index >= 15 is 0 Å². The maximum Gasteiger partial charge on any atom is 0.131 e. The standard InChI is InChI=1S/C16H17N3/c1-2-19-15(13-6-4-3-5-7-13)12-18-16(19)14-8-10-17-11-9-14/h3-11,15H,2,12H2,1H3/t15-/m1/s1. The Kier molecular flexibility index (Phi) is 3.27. The number of likely N-dealkylation sites (N-methyl/N-ethyl adjacent to an activating group) is 1. The lowest BCUT2D eigenvalue weighted by Gasteiger charge is -2.27. The van der Waals surface area contributed by atoms with Crippen molar-refractivity contribution in [3.8, 4) is 0 Å². The molecule has 2 aromatic rings. The van der Waals surface area contributed by atoms with E-state index in [9.17, 15) is 0 Å². The first kappa shape index (κ1) is 11.9. The van der Waals surface area contributed by atoms with Crippen molar-refractivity contribution in [1.29, 1.82) is 0 Å². The molecular formula is C16H17N3. The van der Waals surface area contributed by atoms with Crippen LogP contribution in [0.2, 0.25) is 0 Å². The predicted molar refractivity (Wildman–Crippen MR) is 77.2 cm³/mol. The number of benzene rings is 1. The topological polar surface area (TPSA) is 28.5 Å². The molecule has 0 saturated carbocycles. The van der Waals surface area contributed by atoms with Gasteiger partial charge in [0.1, 0.15) is 5.84 Å². The highest BCUT2D eigenvalue weighted by Gasteiger charge is 2.28. The van der Waals surface area contributed by atoms with E-state index in [-0.39, 0.29) is 0 Å². The Balaban J connectivity index is 1.90. The van der Waals surface area contributed by atoms with Crippen LogP contribution in [0.3, 0.4) is 0 Å². The molecule has 3 rings (SSSR count). The lowest BCUT2D eigenvalue weighted by atomic mass is 10.1. The molecule has 1 aromatic heterocycles. The molecule has 2 heterocycles. The van der Waals surface area contributed by atoms with Gasteiger partial charge in [0.15, 0.2) is 0 Å². The summed E-state index contributed by atoms with van der Waals surface area (Å²) in [6, 6.07) is 15.0. The minimum absolute atomic E-state index is 0.356. The predicted octanol–water partition coefficient (Wildman–Crippen LogP) is 2.91. The molecule has 3 heteroatoms. The average molecular weight is 251 g/mol. The van der Waals surface area contributed by atoms with Crippen LogP contribution in [0, 0.1) is 0 Å². The first-order chi connectivity index (χ1) is 9.40. The molecule has 0 fully saturated rings. The third-order valence-electron chi connectivity index (χ3n) is 3.53. The molecule has 1 atom stereocenters. The minimum atomic E-state index is 0.356. The molecule has 1 aliphatic heterocycles. The van der Waals surface area contributed by atoms with Crippen LogP contribution < -0.4 is 0 Å². The summed E-state index contributed by atoms with van der Waals surface area (Å²) in [5, 5.41) is 0. The Hall–Kier alpha value is -2.16. The summed E-state index contributed by atoms with van der Waals surface area (Å²) in [7, 11) is 0. The van der Waals surface area contributed by atoms with Gasteiger partial charge in [-0.3, -0.25) is 9.98 Å². The Morgan fingerprint density at radius 2 is 1.84 bits per heavy atom. The first-order valence-electron chi connectivity index (χ1n) is 6.66. The third kappa shape index (κ3) is 2.24. The fourth-order valence-electron chi connectivity index (χ4n) is 2.60. The second-order valence-corrected chi connectivity index (χ2v) is 4.61. The van der Waals surface area contributed by atoms with Crippen LogP contribution in [0.1, 0.15) is 24.1 Å². The zero-order chi connectivity index (χ0) is 13.1. The molecule has 96 valence electrons. The molecule has 0 bridgehead atoms. The van der Waals surface area contributed by atoms with Crippen LogP contribution >= 0.6 is 0 Å². The molecule has 0 amide bonds. The summed E-state index contributed by atoms with van der Waals surface area (Å²) in [6.45, 7) is 3.97. The smallest absolute Gasteiger partial charge is 0.131 e. The van der Waals surface area contributed by atoms with E-state index in [1.165, 1.54) is 5.56 Å². The van der Waals surface area contributed by atoms with E-state index in [4.69, 9.17) is 4.99 Å². The van der Waals surface area contributed by atoms with E-state index < -0.39 is 0 Å². The van der Waals surface area contributed by atoms with Crippen LogP contribution in [-0.4, -0.2) is 28.8 Å². The Bertz CT molecular complexity index is 563. The van der Waals surface area contributed by atoms with Gasteiger partial charge in [-0.25, -0.2) is 0 Å². The maximum absolute atomic E-state index is 4.73. The van der Waals surface area contributed by atoms with Crippen molar-refractivity contribution >= 4 is 5.84 Å². The summed E-state index contributed by atoms with van der Waals surface area (Å²) in [6.07, 6.45) is 3.64. The van der Waals surface area contributed by atoms with Crippen LogP contribution in [0.25, 0.3) is 0 Å². The van der Waals surface area contributed by atoms with Gasteiger partial charge in [-0.15, -0.1) is 0 Å². The average Bonchev–Trinajstić information content (AvgIpc) is 2.93. The normalized spacial score (nSPS) is 18.5. The molecule has 1 aromatic carbocycles. The summed E-state index contributed by atoms with van der Waals surface area (Å²) < 4.78 is 0. The lowest BCUT2D eigenvalue weighted by molar-refractivity contribution is 0.368. The number of amidine groups is 1. The van der Waals surface area contributed by atoms with Crippen molar-refractivity contribution in [1.82, 2.24) is 9.88 Å². The van der Waals surface area contributed by atoms with Crippen LogP contribution in [0.15, 0.2) is 59.9 Å². The number of aliphatic imine (C=N–C) groups is 1. The maximum atomic E-state index is 4.73. The number of rotatable bonds is 3. The molecule has 3 nitrogen and oxygen atoms in total.